The zero-order chi connectivity index (χ0) is 8.69. The predicted octanol–water partition coefficient (Wildman–Crippen LogP) is -0.810. The van der Waals surface area contributed by atoms with Crippen LogP contribution in [0.2, 0.25) is 0 Å². The van der Waals surface area contributed by atoms with Crippen molar-refractivity contribution < 1.29 is 14.3 Å². The number of nitrogens with one attached hydrogen (secondary N) is 2. The minimum absolute atomic E-state index is 0.121. The summed E-state index contributed by atoms with van der Waals surface area (Å²) in [4.78, 5) is 20.5. The van der Waals surface area contributed by atoms with E-state index in [0.29, 0.717) is 6.67 Å². The lowest BCUT2D eigenvalue weighted by molar-refractivity contribution is -0.141. The van der Waals surface area contributed by atoms with Crippen LogP contribution in [0, 0.1) is 0 Å². The molecular formula is C6H12N2O3. The first-order chi connectivity index (χ1) is 5.13. The highest BCUT2D eigenvalue weighted by molar-refractivity contribution is 5.72. The van der Waals surface area contributed by atoms with Crippen LogP contribution in [-0.2, 0) is 14.3 Å². The third-order valence-corrected chi connectivity index (χ3v) is 0.840. The van der Waals surface area contributed by atoms with Crippen LogP contribution < -0.4 is 10.6 Å². The molecule has 1 amide bonds. The molecule has 64 valence electrons. The topological polar surface area (TPSA) is 67.4 Å². The Labute approximate surface area is 65.1 Å². The Morgan fingerprint density at radius 3 is 2.45 bits per heavy atom. The number of hydrogen-bond acceptors (Lipinski definition) is 4. The van der Waals surface area contributed by atoms with Gasteiger partial charge in [0.05, 0.1) is 6.67 Å². The highest BCUT2D eigenvalue weighted by Gasteiger charge is 1.91. The van der Waals surface area contributed by atoms with E-state index in [2.05, 4.69) is 15.4 Å². The summed E-state index contributed by atoms with van der Waals surface area (Å²) in [5.41, 5.74) is 0. The lowest BCUT2D eigenvalue weighted by Crippen LogP contribution is -2.33. The van der Waals surface area contributed by atoms with Gasteiger partial charge in [0.1, 0.15) is 6.73 Å². The van der Waals surface area contributed by atoms with Crippen LogP contribution in [0.3, 0.4) is 0 Å². The molecule has 0 atom stereocenters. The molecule has 0 rings (SSSR count). The number of esters is 1. The monoisotopic (exact) mass is 160 g/mol. The van der Waals surface area contributed by atoms with Crippen LogP contribution in [0.5, 0.6) is 0 Å². The normalized spacial score (nSPS) is 8.91. The molecule has 0 aliphatic carbocycles. The summed E-state index contributed by atoms with van der Waals surface area (Å²) in [6.07, 6.45) is 0. The molecular weight excluding hydrogens is 148 g/mol. The van der Waals surface area contributed by atoms with Crippen LogP contribution in [0.15, 0.2) is 0 Å². The zero-order valence-corrected chi connectivity index (χ0v) is 6.64. The summed E-state index contributed by atoms with van der Waals surface area (Å²) in [5.74, 6) is -0.472. The second-order valence-electron chi connectivity index (χ2n) is 1.94. The lowest BCUT2D eigenvalue weighted by atomic mass is 10.7. The quantitative estimate of drug-likeness (QED) is 0.320. The SMILES string of the molecule is CC(=O)NCNCOC(C)=O. The Morgan fingerprint density at radius 2 is 2.00 bits per heavy atom. The number of carbonyl (C=O) groups excluding carboxylic acids is 2. The number of hydrogen-bond donors (Lipinski definition) is 2. The van der Waals surface area contributed by atoms with E-state index in [9.17, 15) is 9.59 Å². The minimum Gasteiger partial charge on any atom is -0.450 e. The van der Waals surface area contributed by atoms with Gasteiger partial charge in [-0.1, -0.05) is 0 Å². The molecule has 0 aromatic carbocycles. The first kappa shape index (κ1) is 9.90. The van der Waals surface area contributed by atoms with Crippen molar-refractivity contribution in [3.63, 3.8) is 0 Å². The second kappa shape index (κ2) is 5.67. The van der Waals surface area contributed by atoms with Crippen molar-refractivity contribution in [1.82, 2.24) is 10.6 Å². The van der Waals surface area contributed by atoms with E-state index in [0.717, 1.165) is 0 Å². The molecule has 5 nitrogen and oxygen atoms in total. The molecule has 0 aliphatic rings. The molecule has 0 saturated heterocycles. The maximum Gasteiger partial charge on any atom is 0.303 e. The van der Waals surface area contributed by atoms with Crippen LogP contribution in [0.1, 0.15) is 13.8 Å². The van der Waals surface area contributed by atoms with Gasteiger partial charge in [-0.25, -0.2) is 0 Å². The van der Waals surface area contributed by atoms with Gasteiger partial charge in [-0.3, -0.25) is 14.9 Å². The highest BCUT2D eigenvalue weighted by atomic mass is 16.5. The fourth-order valence-electron chi connectivity index (χ4n) is 0.391. The van der Waals surface area contributed by atoms with E-state index in [1.165, 1.54) is 13.8 Å². The second-order valence-corrected chi connectivity index (χ2v) is 1.94. The molecule has 0 aliphatic heterocycles. The van der Waals surface area contributed by atoms with Gasteiger partial charge in [0, 0.05) is 13.8 Å². The number of ether oxygens (including phenoxy) is 1. The lowest BCUT2D eigenvalue weighted by Gasteiger charge is -2.04. The van der Waals surface area contributed by atoms with E-state index >= 15 is 0 Å². The summed E-state index contributed by atoms with van der Waals surface area (Å²) in [6.45, 7) is 3.16. The van der Waals surface area contributed by atoms with E-state index in [1.807, 2.05) is 0 Å². The molecule has 0 saturated carbocycles. The van der Waals surface area contributed by atoms with E-state index in [-0.39, 0.29) is 18.6 Å². The van der Waals surface area contributed by atoms with E-state index in [1.54, 1.807) is 0 Å². The molecule has 0 unspecified atom stereocenters. The number of rotatable bonds is 4. The van der Waals surface area contributed by atoms with Gasteiger partial charge in [-0.05, 0) is 0 Å². The van der Waals surface area contributed by atoms with Crippen LogP contribution in [0.25, 0.3) is 0 Å². The summed E-state index contributed by atoms with van der Waals surface area (Å²) in [5, 5.41) is 5.15. The Balaban J connectivity index is 3.03. The van der Waals surface area contributed by atoms with Crippen LogP contribution >= 0.6 is 0 Å². The Kier molecular flexibility index (Phi) is 5.10. The van der Waals surface area contributed by atoms with Gasteiger partial charge in [-0.15, -0.1) is 0 Å². The van der Waals surface area contributed by atoms with Crippen molar-refractivity contribution in [2.75, 3.05) is 13.4 Å². The molecule has 0 radical (unpaired) electrons. The number of carbonyl (C=O) groups is 2. The van der Waals surface area contributed by atoms with Gasteiger partial charge >= 0.3 is 5.97 Å². The van der Waals surface area contributed by atoms with Gasteiger partial charge in [0.15, 0.2) is 0 Å². The van der Waals surface area contributed by atoms with E-state index in [4.69, 9.17) is 0 Å². The standard InChI is InChI=1S/C6H12N2O3/c1-5(9)8-3-7-4-11-6(2)10/h7H,3-4H2,1-2H3,(H,8,9). The molecule has 2 N–H and O–H groups in total. The van der Waals surface area contributed by atoms with Gasteiger partial charge in [0.25, 0.3) is 0 Å². The molecule has 0 heterocycles. The van der Waals surface area contributed by atoms with Crippen molar-refractivity contribution >= 4 is 11.9 Å². The average molecular weight is 160 g/mol. The summed E-state index contributed by atoms with van der Waals surface area (Å²) in [6, 6.07) is 0. The van der Waals surface area contributed by atoms with E-state index < -0.39 is 0 Å². The first-order valence-electron chi connectivity index (χ1n) is 3.21. The van der Waals surface area contributed by atoms with Gasteiger partial charge < -0.3 is 10.1 Å². The Bertz CT molecular complexity index is 131. The summed E-state index contributed by atoms with van der Waals surface area (Å²) in [7, 11) is 0. The molecule has 0 aromatic heterocycles. The maximum atomic E-state index is 10.3. The smallest absolute Gasteiger partial charge is 0.303 e. The van der Waals surface area contributed by atoms with Crippen molar-refractivity contribution in [3.05, 3.63) is 0 Å². The maximum absolute atomic E-state index is 10.3. The Morgan fingerprint density at radius 1 is 1.36 bits per heavy atom. The summed E-state index contributed by atoms with van der Waals surface area (Å²) >= 11 is 0. The van der Waals surface area contributed by atoms with Crippen molar-refractivity contribution in [2.24, 2.45) is 0 Å². The van der Waals surface area contributed by atoms with Crippen molar-refractivity contribution in [2.45, 2.75) is 13.8 Å². The zero-order valence-electron chi connectivity index (χ0n) is 6.64. The molecule has 0 aromatic rings. The first-order valence-corrected chi connectivity index (χ1v) is 3.21. The third kappa shape index (κ3) is 8.90. The fraction of sp³-hybridized carbons (Fsp3) is 0.667. The molecule has 0 fully saturated rings. The molecule has 0 bridgehead atoms. The Hall–Kier alpha value is -1.10. The van der Waals surface area contributed by atoms with Crippen molar-refractivity contribution in [3.8, 4) is 0 Å². The predicted molar refractivity (Wildman–Crippen MR) is 38.5 cm³/mol. The summed E-state index contributed by atoms with van der Waals surface area (Å²) < 4.78 is 4.52. The molecule has 11 heavy (non-hydrogen) atoms. The van der Waals surface area contributed by atoms with Gasteiger partial charge in [0.2, 0.25) is 5.91 Å². The van der Waals surface area contributed by atoms with Crippen LogP contribution in [-0.4, -0.2) is 25.3 Å². The van der Waals surface area contributed by atoms with Crippen LogP contribution in [0.4, 0.5) is 0 Å². The average Bonchev–Trinajstić information content (AvgIpc) is 1.85. The van der Waals surface area contributed by atoms with Crippen molar-refractivity contribution in [1.29, 1.82) is 0 Å². The highest BCUT2D eigenvalue weighted by Crippen LogP contribution is 1.69. The van der Waals surface area contributed by atoms with Gasteiger partial charge in [-0.2, -0.15) is 0 Å². The number of amides is 1. The third-order valence-electron chi connectivity index (χ3n) is 0.840. The minimum atomic E-state index is -0.347. The molecule has 5 heteroatoms. The largest absolute Gasteiger partial charge is 0.450 e. The fourth-order valence-corrected chi connectivity index (χ4v) is 0.391. The molecule has 0 spiro atoms.